The third-order valence-corrected chi connectivity index (χ3v) is 4.75. The number of thioether (sulfide) groups is 1. The zero-order valence-corrected chi connectivity index (χ0v) is 14.3. The molecule has 0 saturated heterocycles. The molecule has 1 aromatic heterocycles. The Kier molecular flexibility index (Phi) is 4.53. The van der Waals surface area contributed by atoms with Crippen molar-refractivity contribution in [2.24, 2.45) is 0 Å². The molecule has 24 heavy (non-hydrogen) atoms. The van der Waals surface area contributed by atoms with Crippen LogP contribution in [0.25, 0.3) is 0 Å². The molecule has 1 atom stereocenters. The van der Waals surface area contributed by atoms with Crippen molar-refractivity contribution < 1.29 is 9.59 Å². The number of rotatable bonds is 4. The minimum atomic E-state index is -0.331. The SMILES string of the molecule is Cc1cc(N)nc(SC(C)C(=O)c2ccc3c(c2)CCC(=O)N3)n1. The van der Waals surface area contributed by atoms with E-state index in [1.165, 1.54) is 11.8 Å². The second-order valence-electron chi connectivity index (χ2n) is 5.76. The summed E-state index contributed by atoms with van der Waals surface area (Å²) in [5.74, 6) is 0.414. The number of nitrogen functional groups attached to an aromatic ring is 1. The molecule has 0 fully saturated rings. The second-order valence-corrected chi connectivity index (χ2v) is 7.07. The van der Waals surface area contributed by atoms with Crippen LogP contribution in [0.5, 0.6) is 0 Å². The lowest BCUT2D eigenvalue weighted by atomic mass is 9.98. The quantitative estimate of drug-likeness (QED) is 0.503. The molecule has 1 aliphatic rings. The van der Waals surface area contributed by atoms with Gasteiger partial charge in [-0.25, -0.2) is 9.97 Å². The molecule has 7 heteroatoms. The van der Waals surface area contributed by atoms with Gasteiger partial charge in [-0.05, 0) is 44.0 Å². The van der Waals surface area contributed by atoms with E-state index in [9.17, 15) is 9.59 Å². The van der Waals surface area contributed by atoms with E-state index in [0.717, 1.165) is 16.9 Å². The van der Waals surface area contributed by atoms with Crippen LogP contribution in [0.3, 0.4) is 0 Å². The maximum Gasteiger partial charge on any atom is 0.224 e. The van der Waals surface area contributed by atoms with Gasteiger partial charge in [0.25, 0.3) is 0 Å². The van der Waals surface area contributed by atoms with E-state index in [0.29, 0.717) is 29.4 Å². The molecule has 124 valence electrons. The van der Waals surface area contributed by atoms with Crippen LogP contribution in [0.15, 0.2) is 29.4 Å². The molecule has 2 heterocycles. The van der Waals surface area contributed by atoms with E-state index in [1.807, 2.05) is 19.9 Å². The van der Waals surface area contributed by atoms with E-state index in [-0.39, 0.29) is 16.9 Å². The minimum Gasteiger partial charge on any atom is -0.384 e. The zero-order chi connectivity index (χ0) is 17.3. The number of nitrogens with zero attached hydrogens (tertiary/aromatic N) is 2. The average Bonchev–Trinajstić information content (AvgIpc) is 2.52. The third kappa shape index (κ3) is 3.56. The van der Waals surface area contributed by atoms with Crippen molar-refractivity contribution in [3.63, 3.8) is 0 Å². The highest BCUT2D eigenvalue weighted by atomic mass is 32.2. The molecule has 0 radical (unpaired) electrons. The summed E-state index contributed by atoms with van der Waals surface area (Å²) < 4.78 is 0. The number of carbonyl (C=O) groups is 2. The molecule has 0 spiro atoms. The Morgan fingerprint density at radius 1 is 1.29 bits per heavy atom. The van der Waals surface area contributed by atoms with E-state index in [2.05, 4.69) is 15.3 Å². The number of ketones is 1. The van der Waals surface area contributed by atoms with Gasteiger partial charge in [0.2, 0.25) is 5.91 Å². The Labute approximate surface area is 144 Å². The number of Topliss-reactive ketones (excluding diaryl/α,β-unsaturated/α-hetero) is 1. The lowest BCUT2D eigenvalue weighted by Crippen LogP contribution is -2.20. The fraction of sp³-hybridized carbons (Fsp3) is 0.294. The summed E-state index contributed by atoms with van der Waals surface area (Å²) in [6.07, 6.45) is 1.10. The molecule has 0 bridgehead atoms. The summed E-state index contributed by atoms with van der Waals surface area (Å²) in [5, 5.41) is 2.99. The minimum absolute atomic E-state index is 0.00313. The molecule has 3 rings (SSSR count). The number of anilines is 2. The van der Waals surface area contributed by atoms with Crippen molar-refractivity contribution >= 4 is 35.0 Å². The highest BCUT2D eigenvalue weighted by Crippen LogP contribution is 2.27. The van der Waals surface area contributed by atoms with Crippen LogP contribution in [0.1, 0.15) is 35.0 Å². The summed E-state index contributed by atoms with van der Waals surface area (Å²) in [4.78, 5) is 32.5. The molecule has 2 aromatic rings. The zero-order valence-electron chi connectivity index (χ0n) is 13.5. The Balaban J connectivity index is 1.77. The molecule has 0 saturated carbocycles. The number of aromatic nitrogens is 2. The van der Waals surface area contributed by atoms with Crippen molar-refractivity contribution in [3.05, 3.63) is 41.1 Å². The van der Waals surface area contributed by atoms with E-state index < -0.39 is 0 Å². The van der Waals surface area contributed by atoms with Crippen molar-refractivity contribution in [3.8, 4) is 0 Å². The monoisotopic (exact) mass is 342 g/mol. The summed E-state index contributed by atoms with van der Waals surface area (Å²) >= 11 is 1.29. The maximum absolute atomic E-state index is 12.7. The number of hydrogen-bond donors (Lipinski definition) is 2. The van der Waals surface area contributed by atoms with Gasteiger partial charge in [0.05, 0.1) is 5.25 Å². The Morgan fingerprint density at radius 3 is 2.83 bits per heavy atom. The standard InChI is InChI=1S/C17H18N4O2S/c1-9-7-14(18)21-17(19-9)24-10(2)16(23)12-3-5-13-11(8-12)4-6-15(22)20-13/h3,5,7-8,10H,4,6H2,1-2H3,(H,20,22)(H2,18,19,21). The largest absolute Gasteiger partial charge is 0.384 e. The van der Waals surface area contributed by atoms with Gasteiger partial charge < -0.3 is 11.1 Å². The fourth-order valence-corrected chi connectivity index (χ4v) is 3.51. The average molecular weight is 342 g/mol. The number of fused-ring (bicyclic) bond motifs is 1. The first kappa shape index (κ1) is 16.4. The Bertz CT molecular complexity index is 802. The van der Waals surface area contributed by atoms with Crippen LogP contribution < -0.4 is 11.1 Å². The van der Waals surface area contributed by atoms with Gasteiger partial charge in [0, 0.05) is 29.4 Å². The van der Waals surface area contributed by atoms with Gasteiger partial charge in [-0.2, -0.15) is 0 Å². The number of carbonyl (C=O) groups excluding carboxylic acids is 2. The molecular formula is C17H18N4O2S. The smallest absolute Gasteiger partial charge is 0.224 e. The van der Waals surface area contributed by atoms with Crippen molar-refractivity contribution in [1.29, 1.82) is 0 Å². The summed E-state index contributed by atoms with van der Waals surface area (Å²) in [7, 11) is 0. The molecule has 1 unspecified atom stereocenters. The highest BCUT2D eigenvalue weighted by molar-refractivity contribution is 8.00. The lowest BCUT2D eigenvalue weighted by molar-refractivity contribution is -0.116. The molecule has 6 nitrogen and oxygen atoms in total. The van der Waals surface area contributed by atoms with Gasteiger partial charge in [-0.3, -0.25) is 9.59 Å². The molecule has 1 aliphatic heterocycles. The predicted molar refractivity (Wildman–Crippen MR) is 94.2 cm³/mol. The first-order valence-corrected chi connectivity index (χ1v) is 8.55. The van der Waals surface area contributed by atoms with Crippen molar-refractivity contribution in [2.45, 2.75) is 37.1 Å². The normalized spacial score (nSPS) is 14.7. The van der Waals surface area contributed by atoms with Crippen molar-refractivity contribution in [1.82, 2.24) is 9.97 Å². The fourth-order valence-electron chi connectivity index (χ4n) is 2.60. The molecule has 3 N–H and O–H groups in total. The van der Waals surface area contributed by atoms with Crippen LogP contribution in [0.4, 0.5) is 11.5 Å². The number of hydrogen-bond acceptors (Lipinski definition) is 6. The maximum atomic E-state index is 12.7. The Morgan fingerprint density at radius 2 is 2.08 bits per heavy atom. The van der Waals surface area contributed by atoms with Gasteiger partial charge in [-0.15, -0.1) is 0 Å². The first-order chi connectivity index (χ1) is 11.4. The van der Waals surface area contributed by atoms with E-state index in [4.69, 9.17) is 5.73 Å². The van der Waals surface area contributed by atoms with Gasteiger partial charge in [0.1, 0.15) is 5.82 Å². The number of amides is 1. The molecule has 1 aromatic carbocycles. The van der Waals surface area contributed by atoms with Crippen LogP contribution >= 0.6 is 11.8 Å². The number of benzene rings is 1. The van der Waals surface area contributed by atoms with Gasteiger partial charge in [0.15, 0.2) is 10.9 Å². The number of nitrogens with two attached hydrogens (primary N) is 1. The summed E-state index contributed by atoms with van der Waals surface area (Å²) in [6, 6.07) is 7.08. The third-order valence-electron chi connectivity index (χ3n) is 3.79. The number of aryl methyl sites for hydroxylation is 2. The van der Waals surface area contributed by atoms with E-state index in [1.54, 1.807) is 18.2 Å². The first-order valence-electron chi connectivity index (χ1n) is 7.67. The topological polar surface area (TPSA) is 98.0 Å². The van der Waals surface area contributed by atoms with Crippen LogP contribution in [-0.2, 0) is 11.2 Å². The van der Waals surface area contributed by atoms with Crippen molar-refractivity contribution in [2.75, 3.05) is 11.1 Å². The lowest BCUT2D eigenvalue weighted by Gasteiger charge is -2.18. The highest BCUT2D eigenvalue weighted by Gasteiger charge is 2.21. The second kappa shape index (κ2) is 6.60. The summed E-state index contributed by atoms with van der Waals surface area (Å²) in [6.45, 7) is 3.67. The Hall–Kier alpha value is -2.41. The van der Waals surface area contributed by atoms with Crippen LogP contribution in [0, 0.1) is 6.92 Å². The molecule has 1 amide bonds. The predicted octanol–water partition coefficient (Wildman–Crippen LogP) is 2.62. The van der Waals surface area contributed by atoms with Crippen LogP contribution in [0.2, 0.25) is 0 Å². The summed E-state index contributed by atoms with van der Waals surface area (Å²) in [5.41, 5.74) is 8.91. The van der Waals surface area contributed by atoms with E-state index >= 15 is 0 Å². The molecule has 0 aliphatic carbocycles. The van der Waals surface area contributed by atoms with Gasteiger partial charge in [-0.1, -0.05) is 11.8 Å². The molecular weight excluding hydrogens is 324 g/mol. The van der Waals surface area contributed by atoms with Gasteiger partial charge >= 0.3 is 0 Å². The number of nitrogens with one attached hydrogen (secondary N) is 1. The van der Waals surface area contributed by atoms with Crippen LogP contribution in [-0.4, -0.2) is 26.9 Å².